The predicted octanol–water partition coefficient (Wildman–Crippen LogP) is 2.70. The number of unbranched alkanes of at least 4 members (excludes halogenated alkanes) is 1. The second-order valence-electron chi connectivity index (χ2n) is 4.53. The van der Waals surface area contributed by atoms with E-state index in [-0.39, 0.29) is 12.2 Å². The molecule has 5 nitrogen and oxygen atoms in total. The third kappa shape index (κ3) is 3.78. The van der Waals surface area contributed by atoms with E-state index in [4.69, 9.17) is 5.11 Å². The van der Waals surface area contributed by atoms with Crippen LogP contribution in [0.1, 0.15) is 36.0 Å². The number of carboxylic acid groups (broad SMARTS) is 1. The van der Waals surface area contributed by atoms with E-state index in [1.54, 1.807) is 17.1 Å². The molecule has 1 N–H and O–H groups in total. The van der Waals surface area contributed by atoms with Crippen molar-refractivity contribution in [3.05, 3.63) is 48.3 Å². The number of hydrogen-bond donors (Lipinski definition) is 1. The number of rotatable bonds is 7. The van der Waals surface area contributed by atoms with Crippen molar-refractivity contribution >= 4 is 11.8 Å². The number of hydrogen-bond acceptors (Lipinski definition) is 3. The molecular formula is C15H16N2O3. The van der Waals surface area contributed by atoms with Crippen LogP contribution in [0.15, 0.2) is 42.7 Å². The molecule has 1 aromatic heterocycles. The minimum atomic E-state index is -0.825. The molecule has 0 saturated carbocycles. The number of carboxylic acids is 1. The molecule has 0 aliphatic carbocycles. The first-order chi connectivity index (χ1) is 9.66. The highest BCUT2D eigenvalue weighted by atomic mass is 16.4. The minimum absolute atomic E-state index is 0.00225. The molecule has 5 heteroatoms. The summed E-state index contributed by atoms with van der Waals surface area (Å²) in [4.78, 5) is 22.3. The van der Waals surface area contributed by atoms with Crippen molar-refractivity contribution in [1.29, 1.82) is 0 Å². The van der Waals surface area contributed by atoms with Gasteiger partial charge in [-0.25, -0.2) is 4.68 Å². The molecular weight excluding hydrogens is 256 g/mol. The van der Waals surface area contributed by atoms with Crippen LogP contribution in [-0.4, -0.2) is 26.6 Å². The van der Waals surface area contributed by atoms with Gasteiger partial charge in [0, 0.05) is 19.0 Å². The first-order valence-corrected chi connectivity index (χ1v) is 6.52. The lowest BCUT2D eigenvalue weighted by atomic mass is 10.1. The van der Waals surface area contributed by atoms with Gasteiger partial charge in [0.15, 0.2) is 5.78 Å². The first kappa shape index (κ1) is 14.0. The number of benzene rings is 1. The molecule has 2 rings (SSSR count). The van der Waals surface area contributed by atoms with E-state index < -0.39 is 5.97 Å². The fourth-order valence-corrected chi connectivity index (χ4v) is 1.89. The Morgan fingerprint density at radius 1 is 1.10 bits per heavy atom. The summed E-state index contributed by atoms with van der Waals surface area (Å²) in [6, 6.07) is 9.55. The van der Waals surface area contributed by atoms with Gasteiger partial charge in [0.25, 0.3) is 0 Å². The molecule has 0 saturated heterocycles. The average molecular weight is 272 g/mol. The number of aliphatic carboxylic acids is 1. The minimum Gasteiger partial charge on any atom is -0.481 e. The van der Waals surface area contributed by atoms with Gasteiger partial charge in [-0.15, -0.1) is 0 Å². The third-order valence-electron chi connectivity index (χ3n) is 2.97. The Bertz CT molecular complexity index is 590. The fourth-order valence-electron chi connectivity index (χ4n) is 1.89. The molecule has 0 amide bonds. The van der Waals surface area contributed by atoms with E-state index in [1.807, 2.05) is 30.3 Å². The summed E-state index contributed by atoms with van der Waals surface area (Å²) in [5, 5.41) is 12.7. The molecule has 0 aliphatic rings. The Hall–Kier alpha value is -2.43. The molecule has 20 heavy (non-hydrogen) atoms. The second kappa shape index (κ2) is 6.65. The highest BCUT2D eigenvalue weighted by molar-refractivity contribution is 5.95. The zero-order valence-corrected chi connectivity index (χ0v) is 11.0. The molecule has 1 aromatic carbocycles. The lowest BCUT2D eigenvalue weighted by Gasteiger charge is -1.99. The standard InChI is InChI=1S/C15H16N2O3/c18-14(8-4-5-9-15(19)20)12-10-16-17(11-12)13-6-2-1-3-7-13/h1-3,6-7,10-11H,4-5,8-9H2,(H,19,20). The van der Waals surface area contributed by atoms with Gasteiger partial charge in [-0.05, 0) is 25.0 Å². The van der Waals surface area contributed by atoms with Crippen molar-refractivity contribution in [2.75, 3.05) is 0 Å². The summed E-state index contributed by atoms with van der Waals surface area (Å²) in [7, 11) is 0. The summed E-state index contributed by atoms with van der Waals surface area (Å²) in [5.41, 5.74) is 1.46. The molecule has 0 radical (unpaired) electrons. The van der Waals surface area contributed by atoms with Crippen LogP contribution in [0.2, 0.25) is 0 Å². The van der Waals surface area contributed by atoms with Gasteiger partial charge in [-0.3, -0.25) is 9.59 Å². The Labute approximate surface area is 116 Å². The molecule has 0 unspecified atom stereocenters. The van der Waals surface area contributed by atoms with E-state index in [0.717, 1.165) is 5.69 Å². The van der Waals surface area contributed by atoms with E-state index in [9.17, 15) is 9.59 Å². The summed E-state index contributed by atoms with van der Waals surface area (Å²) >= 11 is 0. The Balaban J connectivity index is 1.92. The highest BCUT2D eigenvalue weighted by Gasteiger charge is 2.09. The van der Waals surface area contributed by atoms with Gasteiger partial charge in [-0.1, -0.05) is 18.2 Å². The molecule has 104 valence electrons. The van der Waals surface area contributed by atoms with Crippen LogP contribution in [0.4, 0.5) is 0 Å². The summed E-state index contributed by atoms with van der Waals surface area (Å²) in [6.45, 7) is 0. The molecule has 0 spiro atoms. The largest absolute Gasteiger partial charge is 0.481 e. The Morgan fingerprint density at radius 2 is 1.80 bits per heavy atom. The van der Waals surface area contributed by atoms with Crippen molar-refractivity contribution in [3.8, 4) is 5.69 Å². The van der Waals surface area contributed by atoms with Crippen molar-refractivity contribution < 1.29 is 14.7 Å². The number of aromatic nitrogens is 2. The Morgan fingerprint density at radius 3 is 2.50 bits per heavy atom. The van der Waals surface area contributed by atoms with Crippen LogP contribution < -0.4 is 0 Å². The number of nitrogens with zero attached hydrogens (tertiary/aromatic N) is 2. The van der Waals surface area contributed by atoms with E-state index in [1.165, 1.54) is 0 Å². The fraction of sp³-hybridized carbons (Fsp3) is 0.267. The summed E-state index contributed by atoms with van der Waals surface area (Å²) in [5.74, 6) is -0.827. The number of ketones is 1. The quantitative estimate of drug-likeness (QED) is 0.621. The van der Waals surface area contributed by atoms with Crippen LogP contribution in [0.5, 0.6) is 0 Å². The normalized spacial score (nSPS) is 10.4. The van der Waals surface area contributed by atoms with Gasteiger partial charge in [0.2, 0.25) is 0 Å². The Kier molecular flexibility index (Phi) is 4.65. The number of Topliss-reactive ketones (excluding diaryl/α,β-unsaturated/α-hetero) is 1. The first-order valence-electron chi connectivity index (χ1n) is 6.52. The molecule has 0 bridgehead atoms. The van der Waals surface area contributed by atoms with Gasteiger partial charge in [0.1, 0.15) is 0 Å². The summed E-state index contributed by atoms with van der Waals surface area (Å²) in [6.07, 6.45) is 4.82. The summed E-state index contributed by atoms with van der Waals surface area (Å²) < 4.78 is 1.66. The van der Waals surface area contributed by atoms with Gasteiger partial charge in [0.05, 0.1) is 17.4 Å². The van der Waals surface area contributed by atoms with E-state index in [0.29, 0.717) is 24.8 Å². The van der Waals surface area contributed by atoms with Crippen molar-refractivity contribution in [2.45, 2.75) is 25.7 Å². The lowest BCUT2D eigenvalue weighted by Crippen LogP contribution is -1.99. The van der Waals surface area contributed by atoms with Crippen LogP contribution in [-0.2, 0) is 4.79 Å². The number of para-hydroxylation sites is 1. The molecule has 0 fully saturated rings. The highest BCUT2D eigenvalue weighted by Crippen LogP contribution is 2.11. The predicted molar refractivity (Wildman–Crippen MR) is 74.0 cm³/mol. The zero-order valence-electron chi connectivity index (χ0n) is 11.0. The molecule has 0 aliphatic heterocycles. The monoisotopic (exact) mass is 272 g/mol. The number of carbonyl (C=O) groups is 2. The van der Waals surface area contributed by atoms with Crippen LogP contribution in [0.25, 0.3) is 5.69 Å². The lowest BCUT2D eigenvalue weighted by molar-refractivity contribution is -0.137. The van der Waals surface area contributed by atoms with Gasteiger partial charge < -0.3 is 5.11 Å². The zero-order chi connectivity index (χ0) is 14.4. The van der Waals surface area contributed by atoms with Crippen LogP contribution >= 0.6 is 0 Å². The smallest absolute Gasteiger partial charge is 0.303 e. The van der Waals surface area contributed by atoms with Crippen molar-refractivity contribution in [1.82, 2.24) is 9.78 Å². The average Bonchev–Trinajstić information content (AvgIpc) is 2.94. The topological polar surface area (TPSA) is 72.2 Å². The van der Waals surface area contributed by atoms with E-state index >= 15 is 0 Å². The van der Waals surface area contributed by atoms with Crippen molar-refractivity contribution in [3.63, 3.8) is 0 Å². The van der Waals surface area contributed by atoms with Gasteiger partial charge in [-0.2, -0.15) is 5.10 Å². The number of carbonyl (C=O) groups excluding carboxylic acids is 1. The van der Waals surface area contributed by atoms with Crippen LogP contribution in [0.3, 0.4) is 0 Å². The maximum atomic E-state index is 11.9. The van der Waals surface area contributed by atoms with Gasteiger partial charge >= 0.3 is 5.97 Å². The maximum absolute atomic E-state index is 11.9. The molecule has 1 heterocycles. The van der Waals surface area contributed by atoms with Crippen LogP contribution in [0, 0.1) is 0 Å². The molecule has 0 atom stereocenters. The SMILES string of the molecule is O=C(O)CCCCC(=O)c1cnn(-c2ccccc2)c1. The second-order valence-corrected chi connectivity index (χ2v) is 4.53. The maximum Gasteiger partial charge on any atom is 0.303 e. The third-order valence-corrected chi connectivity index (χ3v) is 2.97. The van der Waals surface area contributed by atoms with E-state index in [2.05, 4.69) is 5.10 Å². The van der Waals surface area contributed by atoms with Crippen molar-refractivity contribution in [2.24, 2.45) is 0 Å². The molecule has 2 aromatic rings.